The first kappa shape index (κ1) is 13.1. The van der Waals surface area contributed by atoms with E-state index in [1.54, 1.807) is 16.4 Å². The van der Waals surface area contributed by atoms with E-state index in [4.69, 9.17) is 5.21 Å². The van der Waals surface area contributed by atoms with Crippen LogP contribution in [0.2, 0.25) is 0 Å². The number of hydrogen-bond acceptors (Lipinski definition) is 3. The van der Waals surface area contributed by atoms with E-state index in [0.717, 1.165) is 31.4 Å². The third-order valence-electron chi connectivity index (χ3n) is 4.58. The number of nitrogens with one attached hydrogen (secondary N) is 1. The quantitative estimate of drug-likeness (QED) is 0.596. The Bertz CT molecular complexity index is 584. The predicted molar refractivity (Wildman–Crippen MR) is 72.4 cm³/mol. The molecule has 2 N–H and O–H groups in total. The molecule has 1 saturated heterocycles. The first-order valence-electron chi connectivity index (χ1n) is 6.83. The fraction of sp³-hybridized carbons (Fsp3) is 0.467. The van der Waals surface area contributed by atoms with Crippen molar-refractivity contribution in [2.75, 3.05) is 13.6 Å². The van der Waals surface area contributed by atoms with E-state index >= 15 is 0 Å². The molecule has 1 aliphatic carbocycles. The van der Waals surface area contributed by atoms with Crippen LogP contribution in [0.1, 0.15) is 34.3 Å². The molecule has 0 saturated carbocycles. The van der Waals surface area contributed by atoms with Crippen LogP contribution in [0.3, 0.4) is 0 Å². The minimum atomic E-state index is -0.493. The summed E-state index contributed by atoms with van der Waals surface area (Å²) in [6.07, 6.45) is 3.38. The SMILES string of the molecule is CN1CC2(CCc3ccc(C(=O)NO)cc3C2)CC1=O. The highest BCUT2D eigenvalue weighted by Crippen LogP contribution is 2.42. The molecule has 1 aliphatic heterocycles. The summed E-state index contributed by atoms with van der Waals surface area (Å²) in [5.74, 6) is -0.287. The third-order valence-corrected chi connectivity index (χ3v) is 4.58. The summed E-state index contributed by atoms with van der Waals surface area (Å²) in [5.41, 5.74) is 4.51. The number of aryl methyl sites for hydroxylation is 1. The molecule has 1 atom stereocenters. The maximum absolute atomic E-state index is 11.8. The topological polar surface area (TPSA) is 69.6 Å². The van der Waals surface area contributed by atoms with Gasteiger partial charge in [0, 0.05) is 31.0 Å². The average Bonchev–Trinajstić information content (AvgIpc) is 2.71. The molecule has 0 radical (unpaired) electrons. The number of carbonyl (C=O) groups is 2. The Morgan fingerprint density at radius 2 is 2.15 bits per heavy atom. The van der Waals surface area contributed by atoms with E-state index in [0.29, 0.717) is 12.0 Å². The van der Waals surface area contributed by atoms with Gasteiger partial charge in [0.2, 0.25) is 5.91 Å². The van der Waals surface area contributed by atoms with Crippen LogP contribution in [0.5, 0.6) is 0 Å². The van der Waals surface area contributed by atoms with Crippen molar-refractivity contribution in [3.8, 4) is 0 Å². The lowest BCUT2D eigenvalue weighted by atomic mass is 9.70. The Morgan fingerprint density at radius 1 is 1.35 bits per heavy atom. The predicted octanol–water partition coefficient (Wildman–Crippen LogP) is 1.14. The lowest BCUT2D eigenvalue weighted by Gasteiger charge is -2.34. The molecule has 0 aromatic heterocycles. The molecule has 1 heterocycles. The average molecular weight is 274 g/mol. The smallest absolute Gasteiger partial charge is 0.274 e. The van der Waals surface area contributed by atoms with E-state index in [1.165, 1.54) is 5.56 Å². The van der Waals surface area contributed by atoms with Gasteiger partial charge in [-0.1, -0.05) is 6.07 Å². The Hall–Kier alpha value is -1.88. The second-order valence-corrected chi connectivity index (χ2v) is 6.03. The number of hydrogen-bond donors (Lipinski definition) is 2. The largest absolute Gasteiger partial charge is 0.345 e. The summed E-state index contributed by atoms with van der Waals surface area (Å²) in [6, 6.07) is 5.52. The number of hydroxylamine groups is 1. The van der Waals surface area contributed by atoms with Crippen molar-refractivity contribution in [2.24, 2.45) is 5.41 Å². The zero-order chi connectivity index (χ0) is 14.3. The second-order valence-electron chi connectivity index (χ2n) is 6.03. The number of rotatable bonds is 1. The van der Waals surface area contributed by atoms with E-state index < -0.39 is 5.91 Å². The maximum atomic E-state index is 11.8. The molecule has 0 bridgehead atoms. The minimum Gasteiger partial charge on any atom is -0.345 e. The number of likely N-dealkylation sites (tertiary alicyclic amines) is 1. The van der Waals surface area contributed by atoms with Gasteiger partial charge in [0.05, 0.1) is 0 Å². The first-order chi connectivity index (χ1) is 9.53. The van der Waals surface area contributed by atoms with Crippen LogP contribution in [0.25, 0.3) is 0 Å². The van der Waals surface area contributed by atoms with Gasteiger partial charge in [-0.3, -0.25) is 14.8 Å². The van der Waals surface area contributed by atoms with Gasteiger partial charge < -0.3 is 4.90 Å². The summed E-state index contributed by atoms with van der Waals surface area (Å²) in [7, 11) is 1.85. The van der Waals surface area contributed by atoms with Crippen molar-refractivity contribution in [1.82, 2.24) is 10.4 Å². The van der Waals surface area contributed by atoms with Gasteiger partial charge in [0.25, 0.3) is 5.91 Å². The third kappa shape index (κ3) is 2.08. The monoisotopic (exact) mass is 274 g/mol. The molecule has 1 aromatic carbocycles. The molecular formula is C15H18N2O3. The fourth-order valence-corrected chi connectivity index (χ4v) is 3.52. The molecule has 1 aromatic rings. The molecule has 106 valence electrons. The number of benzene rings is 1. The lowest BCUT2D eigenvalue weighted by Crippen LogP contribution is -2.32. The molecular weight excluding hydrogens is 256 g/mol. The Labute approximate surface area is 117 Å². The molecule has 20 heavy (non-hydrogen) atoms. The van der Waals surface area contributed by atoms with Gasteiger partial charge in [0.1, 0.15) is 0 Å². The first-order valence-corrected chi connectivity index (χ1v) is 6.83. The zero-order valence-corrected chi connectivity index (χ0v) is 11.5. The van der Waals surface area contributed by atoms with Gasteiger partial charge in [-0.2, -0.15) is 0 Å². The number of fused-ring (bicyclic) bond motifs is 1. The molecule has 2 amide bonds. The summed E-state index contributed by atoms with van der Waals surface area (Å²) < 4.78 is 0. The molecule has 1 fully saturated rings. The van der Waals surface area contributed by atoms with Gasteiger partial charge in [-0.15, -0.1) is 0 Å². The molecule has 5 nitrogen and oxygen atoms in total. The van der Waals surface area contributed by atoms with Crippen LogP contribution in [0, 0.1) is 5.41 Å². The van der Waals surface area contributed by atoms with Crippen LogP contribution in [-0.4, -0.2) is 35.5 Å². The molecule has 5 heteroatoms. The lowest BCUT2D eigenvalue weighted by molar-refractivity contribution is -0.126. The molecule has 1 unspecified atom stereocenters. The van der Waals surface area contributed by atoms with Crippen molar-refractivity contribution in [3.63, 3.8) is 0 Å². The van der Waals surface area contributed by atoms with E-state index in [9.17, 15) is 9.59 Å². The summed E-state index contributed by atoms with van der Waals surface area (Å²) >= 11 is 0. The minimum absolute atomic E-state index is 0.0210. The van der Waals surface area contributed by atoms with Crippen molar-refractivity contribution >= 4 is 11.8 Å². The van der Waals surface area contributed by atoms with E-state index in [-0.39, 0.29) is 11.3 Å². The van der Waals surface area contributed by atoms with Crippen LogP contribution in [-0.2, 0) is 17.6 Å². The molecule has 3 rings (SSSR count). The zero-order valence-electron chi connectivity index (χ0n) is 11.5. The Balaban J connectivity index is 1.90. The maximum Gasteiger partial charge on any atom is 0.274 e. The van der Waals surface area contributed by atoms with E-state index in [1.807, 2.05) is 19.2 Å². The summed E-state index contributed by atoms with van der Waals surface area (Å²) in [4.78, 5) is 25.1. The normalized spacial score (nSPS) is 24.9. The highest BCUT2D eigenvalue weighted by molar-refractivity contribution is 5.93. The van der Waals surface area contributed by atoms with Gasteiger partial charge in [-0.25, -0.2) is 5.48 Å². The number of amides is 2. The fourth-order valence-electron chi connectivity index (χ4n) is 3.52. The summed E-state index contributed by atoms with van der Waals surface area (Å²) in [5, 5.41) is 8.72. The summed E-state index contributed by atoms with van der Waals surface area (Å²) in [6.45, 7) is 0.793. The van der Waals surface area contributed by atoms with Crippen LogP contribution >= 0.6 is 0 Å². The number of nitrogens with zero attached hydrogens (tertiary/aromatic N) is 1. The van der Waals surface area contributed by atoms with Crippen molar-refractivity contribution < 1.29 is 14.8 Å². The van der Waals surface area contributed by atoms with Crippen molar-refractivity contribution in [2.45, 2.75) is 25.7 Å². The van der Waals surface area contributed by atoms with Gasteiger partial charge in [-0.05, 0) is 42.5 Å². The van der Waals surface area contributed by atoms with Crippen LogP contribution in [0.15, 0.2) is 18.2 Å². The second kappa shape index (κ2) is 4.59. The highest BCUT2D eigenvalue weighted by Gasteiger charge is 2.43. The van der Waals surface area contributed by atoms with Crippen molar-refractivity contribution in [1.29, 1.82) is 0 Å². The molecule has 1 spiro atoms. The van der Waals surface area contributed by atoms with Gasteiger partial charge >= 0.3 is 0 Å². The van der Waals surface area contributed by atoms with Gasteiger partial charge in [0.15, 0.2) is 0 Å². The number of carbonyl (C=O) groups excluding carboxylic acids is 2. The molecule has 2 aliphatic rings. The van der Waals surface area contributed by atoms with Crippen LogP contribution < -0.4 is 5.48 Å². The van der Waals surface area contributed by atoms with Crippen LogP contribution in [0.4, 0.5) is 0 Å². The van der Waals surface area contributed by atoms with E-state index in [2.05, 4.69) is 0 Å². The standard InChI is InChI=1S/C15H18N2O3/c1-17-9-15(8-13(17)18)5-4-10-2-3-11(14(19)16-20)6-12(10)7-15/h2-3,6,20H,4-5,7-9H2,1H3,(H,16,19). The Morgan fingerprint density at radius 3 is 2.80 bits per heavy atom. The van der Waals surface area contributed by atoms with Crippen molar-refractivity contribution in [3.05, 3.63) is 34.9 Å². The highest BCUT2D eigenvalue weighted by atomic mass is 16.5. The Kier molecular flexibility index (Phi) is 3.01.